The summed E-state index contributed by atoms with van der Waals surface area (Å²) in [6, 6.07) is 13.9. The summed E-state index contributed by atoms with van der Waals surface area (Å²) in [6.45, 7) is 6.08. The normalized spacial score (nSPS) is 11.9. The molecule has 1 N–H and O–H groups in total. The van der Waals surface area contributed by atoms with Crippen molar-refractivity contribution >= 4 is 44.7 Å². The van der Waals surface area contributed by atoms with Crippen LogP contribution in [0.25, 0.3) is 0 Å². The monoisotopic (exact) mass is 436 g/mol. The molecule has 0 aromatic heterocycles. The minimum atomic E-state index is -0.330. The van der Waals surface area contributed by atoms with Gasteiger partial charge in [-0.1, -0.05) is 56.4 Å². The topological polar surface area (TPSA) is 32.3 Å². The molecule has 0 aliphatic heterocycles. The Morgan fingerprint density at radius 2 is 1.88 bits per heavy atom. The first kappa shape index (κ1) is 20.5. The van der Waals surface area contributed by atoms with Gasteiger partial charge in [-0.25, -0.2) is 4.39 Å². The third-order valence-electron chi connectivity index (χ3n) is 4.03. The molecule has 6 heteroatoms. The van der Waals surface area contributed by atoms with Crippen LogP contribution in [0.3, 0.4) is 0 Å². The first-order valence-electron chi connectivity index (χ1n) is 8.36. The number of carbonyl (C=O) groups excluding carboxylic acids is 1. The molecular formula is C20H22BrFN2OS. The summed E-state index contributed by atoms with van der Waals surface area (Å²) in [5.74, 6) is -0.264. The highest BCUT2D eigenvalue weighted by Gasteiger charge is 2.28. The summed E-state index contributed by atoms with van der Waals surface area (Å²) in [7, 11) is 0. The van der Waals surface area contributed by atoms with E-state index in [0.717, 1.165) is 5.56 Å². The standard InChI is InChI=1S/C20H22BrFN2OS/c1-13(2)19(20(26)23-18-10-9-16(22)11-17(18)21)24(14(3)25)12-15-7-5-4-6-8-15/h4-11,13,19H,12H2,1-3H3,(H,23,26). The number of thiocarbonyl (C=S) groups is 1. The average molecular weight is 437 g/mol. The van der Waals surface area contributed by atoms with Gasteiger partial charge in [0.25, 0.3) is 0 Å². The first-order valence-corrected chi connectivity index (χ1v) is 9.56. The van der Waals surface area contributed by atoms with Gasteiger partial charge in [-0.05, 0) is 45.6 Å². The van der Waals surface area contributed by atoms with Gasteiger partial charge >= 0.3 is 0 Å². The van der Waals surface area contributed by atoms with Crippen LogP contribution < -0.4 is 5.32 Å². The van der Waals surface area contributed by atoms with Crippen molar-refractivity contribution in [3.05, 3.63) is 64.4 Å². The van der Waals surface area contributed by atoms with Crippen LogP contribution in [0.4, 0.5) is 10.1 Å². The van der Waals surface area contributed by atoms with Crippen LogP contribution in [0, 0.1) is 11.7 Å². The van der Waals surface area contributed by atoms with Gasteiger partial charge in [0.15, 0.2) is 0 Å². The van der Waals surface area contributed by atoms with E-state index in [1.807, 2.05) is 44.2 Å². The van der Waals surface area contributed by atoms with Crippen molar-refractivity contribution in [2.24, 2.45) is 5.92 Å². The Labute approximate surface area is 167 Å². The van der Waals surface area contributed by atoms with Gasteiger partial charge in [-0.2, -0.15) is 0 Å². The van der Waals surface area contributed by atoms with Crippen LogP contribution in [-0.2, 0) is 11.3 Å². The number of carbonyl (C=O) groups is 1. The number of hydrogen-bond acceptors (Lipinski definition) is 2. The molecule has 0 heterocycles. The molecule has 2 aromatic rings. The number of halogens is 2. The van der Waals surface area contributed by atoms with Crippen molar-refractivity contribution in [1.82, 2.24) is 4.90 Å². The Morgan fingerprint density at radius 3 is 2.42 bits per heavy atom. The highest BCUT2D eigenvalue weighted by molar-refractivity contribution is 9.10. The lowest BCUT2D eigenvalue weighted by Crippen LogP contribution is -2.48. The van der Waals surface area contributed by atoms with Gasteiger partial charge in [0, 0.05) is 17.9 Å². The van der Waals surface area contributed by atoms with Crippen LogP contribution in [0.15, 0.2) is 53.0 Å². The molecule has 1 amide bonds. The molecule has 1 atom stereocenters. The molecule has 0 spiro atoms. The predicted octanol–water partition coefficient (Wildman–Crippen LogP) is 5.40. The Balaban J connectivity index is 2.26. The van der Waals surface area contributed by atoms with E-state index in [1.165, 1.54) is 12.1 Å². The Morgan fingerprint density at radius 1 is 1.23 bits per heavy atom. The maximum absolute atomic E-state index is 13.3. The van der Waals surface area contributed by atoms with Gasteiger partial charge < -0.3 is 10.2 Å². The number of benzene rings is 2. The largest absolute Gasteiger partial charge is 0.347 e. The maximum atomic E-state index is 13.3. The van der Waals surface area contributed by atoms with Gasteiger partial charge in [0.2, 0.25) is 5.91 Å². The molecule has 26 heavy (non-hydrogen) atoms. The zero-order valence-electron chi connectivity index (χ0n) is 15.0. The second kappa shape index (κ2) is 9.24. The van der Waals surface area contributed by atoms with Gasteiger partial charge in [-0.3, -0.25) is 4.79 Å². The maximum Gasteiger partial charge on any atom is 0.220 e. The first-order chi connectivity index (χ1) is 12.3. The number of anilines is 1. The second-order valence-corrected chi connectivity index (χ2v) is 7.73. The number of rotatable bonds is 6. The smallest absolute Gasteiger partial charge is 0.220 e. The third kappa shape index (κ3) is 5.35. The number of hydrogen-bond donors (Lipinski definition) is 1. The fourth-order valence-corrected chi connectivity index (χ4v) is 3.75. The molecule has 138 valence electrons. The van der Waals surface area contributed by atoms with Crippen molar-refractivity contribution < 1.29 is 9.18 Å². The SMILES string of the molecule is CC(=O)N(Cc1ccccc1)C(C(=S)Nc1ccc(F)cc1Br)C(C)C. The van der Waals surface area contributed by atoms with E-state index in [9.17, 15) is 9.18 Å². The summed E-state index contributed by atoms with van der Waals surface area (Å²) in [4.78, 5) is 14.6. The van der Waals surface area contributed by atoms with Crippen LogP contribution >= 0.6 is 28.1 Å². The summed E-state index contributed by atoms with van der Waals surface area (Å²) < 4.78 is 13.9. The molecular weight excluding hydrogens is 415 g/mol. The van der Waals surface area contributed by atoms with E-state index < -0.39 is 0 Å². The van der Waals surface area contributed by atoms with Crippen molar-refractivity contribution in [2.45, 2.75) is 33.4 Å². The number of nitrogens with zero attached hydrogens (tertiary/aromatic N) is 1. The van der Waals surface area contributed by atoms with Crippen molar-refractivity contribution in [2.75, 3.05) is 5.32 Å². The molecule has 0 fully saturated rings. The summed E-state index contributed by atoms with van der Waals surface area (Å²) in [6.07, 6.45) is 0. The highest BCUT2D eigenvalue weighted by atomic mass is 79.9. The summed E-state index contributed by atoms with van der Waals surface area (Å²) in [5.41, 5.74) is 1.71. The lowest BCUT2D eigenvalue weighted by atomic mass is 10.0. The lowest BCUT2D eigenvalue weighted by molar-refractivity contribution is -0.131. The quantitative estimate of drug-likeness (QED) is 0.615. The molecule has 0 aliphatic rings. The van der Waals surface area contributed by atoms with Crippen LogP contribution in [0.2, 0.25) is 0 Å². The molecule has 3 nitrogen and oxygen atoms in total. The minimum Gasteiger partial charge on any atom is -0.347 e. The molecule has 0 radical (unpaired) electrons. The Bertz CT molecular complexity index is 783. The molecule has 1 unspecified atom stereocenters. The van der Waals surface area contributed by atoms with Gasteiger partial charge in [0.05, 0.1) is 11.7 Å². The number of amides is 1. The van der Waals surface area contributed by atoms with Crippen molar-refractivity contribution in [1.29, 1.82) is 0 Å². The lowest BCUT2D eigenvalue weighted by Gasteiger charge is -2.34. The van der Waals surface area contributed by atoms with Crippen molar-refractivity contribution in [3.8, 4) is 0 Å². The predicted molar refractivity (Wildman–Crippen MR) is 112 cm³/mol. The minimum absolute atomic E-state index is 0.0464. The third-order valence-corrected chi connectivity index (χ3v) is 5.02. The summed E-state index contributed by atoms with van der Waals surface area (Å²) in [5, 5.41) is 3.16. The molecule has 0 saturated carbocycles. The molecule has 2 aromatic carbocycles. The fourth-order valence-electron chi connectivity index (χ4n) is 2.79. The van der Waals surface area contributed by atoms with E-state index in [4.69, 9.17) is 12.2 Å². The van der Waals surface area contributed by atoms with Crippen LogP contribution in [0.5, 0.6) is 0 Å². The van der Waals surface area contributed by atoms with Crippen LogP contribution in [0.1, 0.15) is 26.3 Å². The van der Waals surface area contributed by atoms with E-state index in [0.29, 0.717) is 21.7 Å². The van der Waals surface area contributed by atoms with Crippen LogP contribution in [-0.4, -0.2) is 21.8 Å². The Kier molecular flexibility index (Phi) is 7.29. The van der Waals surface area contributed by atoms with E-state index >= 15 is 0 Å². The molecule has 0 bridgehead atoms. The zero-order chi connectivity index (χ0) is 19.3. The highest BCUT2D eigenvalue weighted by Crippen LogP contribution is 2.25. The van der Waals surface area contributed by atoms with E-state index in [2.05, 4.69) is 21.2 Å². The molecule has 0 aliphatic carbocycles. The second-order valence-electron chi connectivity index (χ2n) is 6.43. The Hall–Kier alpha value is -1.79. The zero-order valence-corrected chi connectivity index (χ0v) is 17.4. The average Bonchev–Trinajstić information content (AvgIpc) is 2.57. The fraction of sp³-hybridized carbons (Fsp3) is 0.300. The van der Waals surface area contributed by atoms with E-state index in [1.54, 1.807) is 17.9 Å². The van der Waals surface area contributed by atoms with E-state index in [-0.39, 0.29) is 23.7 Å². The molecule has 2 rings (SSSR count). The summed E-state index contributed by atoms with van der Waals surface area (Å²) >= 11 is 8.96. The van der Waals surface area contributed by atoms with Gasteiger partial charge in [-0.15, -0.1) is 0 Å². The number of nitrogens with one attached hydrogen (secondary N) is 1. The van der Waals surface area contributed by atoms with Crippen molar-refractivity contribution in [3.63, 3.8) is 0 Å². The molecule has 0 saturated heterocycles. The van der Waals surface area contributed by atoms with Gasteiger partial charge in [0.1, 0.15) is 10.8 Å².